The van der Waals surface area contributed by atoms with Gasteiger partial charge in [0.15, 0.2) is 0 Å². The van der Waals surface area contributed by atoms with Crippen molar-refractivity contribution >= 4 is 49.7 Å². The predicted octanol–water partition coefficient (Wildman–Crippen LogP) is 4.50. The first-order valence-corrected chi connectivity index (χ1v) is 8.66. The summed E-state index contributed by atoms with van der Waals surface area (Å²) >= 11 is 6.35. The standard InChI is InChI=1S/C16H12Br2F3N3O2/c17-12-5-9(6-13(18)15(12)26)7-23-24-14(25)8-22-11-3-1-10(2-4-11)16(19,20)21/h1-7,22,26H,8H2,(H,24,25). The summed E-state index contributed by atoms with van der Waals surface area (Å²) in [5, 5.41) is 16.1. The SMILES string of the molecule is O=C(CNc1ccc(C(F)(F)F)cc1)NN=Cc1cc(Br)c(O)c(Br)c1. The van der Waals surface area contributed by atoms with Gasteiger partial charge in [0, 0.05) is 5.69 Å². The summed E-state index contributed by atoms with van der Waals surface area (Å²) in [7, 11) is 0. The van der Waals surface area contributed by atoms with Crippen LogP contribution >= 0.6 is 31.9 Å². The van der Waals surface area contributed by atoms with Gasteiger partial charge in [0.2, 0.25) is 0 Å². The molecule has 0 aliphatic heterocycles. The molecular weight excluding hydrogens is 483 g/mol. The Bertz CT molecular complexity index is 801. The zero-order chi connectivity index (χ0) is 19.3. The number of phenolic OH excluding ortho intramolecular Hbond substituents is 1. The molecule has 5 nitrogen and oxygen atoms in total. The Morgan fingerprint density at radius 2 is 1.73 bits per heavy atom. The fourth-order valence-corrected chi connectivity index (χ4v) is 3.06. The van der Waals surface area contributed by atoms with Crippen molar-refractivity contribution in [1.29, 1.82) is 0 Å². The highest BCUT2D eigenvalue weighted by Gasteiger charge is 2.29. The molecule has 2 rings (SSSR count). The van der Waals surface area contributed by atoms with E-state index >= 15 is 0 Å². The number of benzene rings is 2. The Kier molecular flexibility index (Phi) is 6.65. The van der Waals surface area contributed by atoms with E-state index in [0.717, 1.165) is 12.1 Å². The number of hydrazone groups is 1. The third-order valence-electron chi connectivity index (χ3n) is 3.11. The van der Waals surface area contributed by atoms with Crippen LogP contribution in [0.15, 0.2) is 50.4 Å². The summed E-state index contributed by atoms with van der Waals surface area (Å²) in [5.74, 6) is -0.426. The number of rotatable bonds is 5. The van der Waals surface area contributed by atoms with Gasteiger partial charge in [-0.3, -0.25) is 4.79 Å². The first kappa shape index (κ1) is 20.2. The molecule has 10 heteroatoms. The monoisotopic (exact) mass is 493 g/mol. The van der Waals surface area contributed by atoms with Crippen LogP contribution in [0.1, 0.15) is 11.1 Å². The van der Waals surface area contributed by atoms with E-state index in [1.807, 2.05) is 0 Å². The molecule has 138 valence electrons. The third kappa shape index (κ3) is 5.73. The van der Waals surface area contributed by atoms with Gasteiger partial charge in [-0.1, -0.05) is 0 Å². The van der Waals surface area contributed by atoms with Crippen molar-refractivity contribution in [3.05, 3.63) is 56.5 Å². The number of phenols is 1. The lowest BCUT2D eigenvalue weighted by Gasteiger charge is -2.09. The lowest BCUT2D eigenvalue weighted by Crippen LogP contribution is -2.25. The van der Waals surface area contributed by atoms with Crippen LogP contribution in [0.4, 0.5) is 18.9 Å². The van der Waals surface area contributed by atoms with E-state index < -0.39 is 17.6 Å². The molecule has 26 heavy (non-hydrogen) atoms. The van der Waals surface area contributed by atoms with Crippen LogP contribution in [-0.4, -0.2) is 23.8 Å². The van der Waals surface area contributed by atoms with Gasteiger partial charge >= 0.3 is 6.18 Å². The lowest BCUT2D eigenvalue weighted by molar-refractivity contribution is -0.137. The molecular formula is C16H12Br2F3N3O2. The van der Waals surface area contributed by atoms with E-state index in [9.17, 15) is 23.1 Å². The van der Waals surface area contributed by atoms with Crippen LogP contribution < -0.4 is 10.7 Å². The number of nitrogens with one attached hydrogen (secondary N) is 2. The van der Waals surface area contributed by atoms with E-state index in [1.165, 1.54) is 18.3 Å². The van der Waals surface area contributed by atoms with Crippen molar-refractivity contribution in [2.24, 2.45) is 5.10 Å². The van der Waals surface area contributed by atoms with E-state index in [0.29, 0.717) is 20.2 Å². The number of carbonyl (C=O) groups excluding carboxylic acids is 1. The number of halogens is 5. The largest absolute Gasteiger partial charge is 0.506 e. The second-order valence-electron chi connectivity index (χ2n) is 5.05. The minimum absolute atomic E-state index is 0.0481. The zero-order valence-electron chi connectivity index (χ0n) is 12.9. The fraction of sp³-hybridized carbons (Fsp3) is 0.125. The molecule has 2 aromatic carbocycles. The number of anilines is 1. The Hall–Kier alpha value is -2.07. The average Bonchev–Trinajstić information content (AvgIpc) is 2.57. The number of alkyl halides is 3. The molecule has 0 saturated carbocycles. The van der Waals surface area contributed by atoms with E-state index in [4.69, 9.17) is 0 Å². The van der Waals surface area contributed by atoms with Gasteiger partial charge in [-0.2, -0.15) is 18.3 Å². The van der Waals surface area contributed by atoms with Crippen molar-refractivity contribution in [3.8, 4) is 5.75 Å². The van der Waals surface area contributed by atoms with Gasteiger partial charge in [0.1, 0.15) is 5.75 Å². The minimum atomic E-state index is -4.40. The molecule has 0 atom stereocenters. The highest BCUT2D eigenvalue weighted by Crippen LogP contribution is 2.32. The summed E-state index contributed by atoms with van der Waals surface area (Å²) in [6.45, 7) is -0.161. The van der Waals surface area contributed by atoms with Crippen molar-refractivity contribution in [3.63, 3.8) is 0 Å². The molecule has 0 saturated heterocycles. The maximum atomic E-state index is 12.5. The summed E-state index contributed by atoms with van der Waals surface area (Å²) in [6, 6.07) is 7.56. The van der Waals surface area contributed by atoms with Crippen LogP contribution in [-0.2, 0) is 11.0 Å². The van der Waals surface area contributed by atoms with Crippen molar-refractivity contribution in [1.82, 2.24) is 5.43 Å². The predicted molar refractivity (Wildman–Crippen MR) is 99.2 cm³/mol. The Labute approximate surface area is 163 Å². The van der Waals surface area contributed by atoms with Crippen LogP contribution in [0.3, 0.4) is 0 Å². The zero-order valence-corrected chi connectivity index (χ0v) is 16.1. The lowest BCUT2D eigenvalue weighted by atomic mass is 10.2. The van der Waals surface area contributed by atoms with E-state index in [-0.39, 0.29) is 12.3 Å². The number of aromatic hydroxyl groups is 1. The van der Waals surface area contributed by atoms with Gasteiger partial charge in [-0.25, -0.2) is 5.43 Å². The van der Waals surface area contributed by atoms with Crippen molar-refractivity contribution in [2.45, 2.75) is 6.18 Å². The van der Waals surface area contributed by atoms with Gasteiger partial charge < -0.3 is 10.4 Å². The van der Waals surface area contributed by atoms with Crippen LogP contribution in [0.25, 0.3) is 0 Å². The molecule has 0 aromatic heterocycles. The van der Waals surface area contributed by atoms with Crippen LogP contribution in [0.5, 0.6) is 5.75 Å². The first-order chi connectivity index (χ1) is 12.2. The van der Waals surface area contributed by atoms with Crippen molar-refractivity contribution < 1.29 is 23.1 Å². The molecule has 0 fully saturated rings. The maximum Gasteiger partial charge on any atom is 0.416 e. The minimum Gasteiger partial charge on any atom is -0.506 e. The quantitative estimate of drug-likeness (QED) is 0.423. The Morgan fingerprint density at radius 3 is 2.27 bits per heavy atom. The van der Waals surface area contributed by atoms with Crippen LogP contribution in [0, 0.1) is 0 Å². The van der Waals surface area contributed by atoms with E-state index in [2.05, 4.69) is 47.7 Å². The molecule has 0 aliphatic rings. The first-order valence-electron chi connectivity index (χ1n) is 7.08. The van der Waals surface area contributed by atoms with Gasteiger partial charge in [-0.05, 0) is 73.8 Å². The third-order valence-corrected chi connectivity index (χ3v) is 4.32. The molecule has 0 aliphatic carbocycles. The summed E-state index contributed by atoms with van der Waals surface area (Å²) in [5.41, 5.74) is 2.53. The highest BCUT2D eigenvalue weighted by atomic mass is 79.9. The maximum absolute atomic E-state index is 12.5. The molecule has 0 bridgehead atoms. The Morgan fingerprint density at radius 1 is 1.15 bits per heavy atom. The average molecular weight is 495 g/mol. The number of hydrogen-bond acceptors (Lipinski definition) is 4. The van der Waals surface area contributed by atoms with E-state index in [1.54, 1.807) is 12.1 Å². The topological polar surface area (TPSA) is 73.7 Å². The molecule has 0 heterocycles. The summed E-state index contributed by atoms with van der Waals surface area (Å²) < 4.78 is 38.3. The fourth-order valence-electron chi connectivity index (χ4n) is 1.84. The van der Waals surface area contributed by atoms with Gasteiger partial charge in [0.05, 0.1) is 27.3 Å². The second kappa shape index (κ2) is 8.54. The molecule has 1 amide bonds. The molecule has 0 spiro atoms. The number of nitrogens with zero attached hydrogens (tertiary/aromatic N) is 1. The summed E-state index contributed by atoms with van der Waals surface area (Å²) in [6.07, 6.45) is -3.02. The van der Waals surface area contributed by atoms with Crippen molar-refractivity contribution in [2.75, 3.05) is 11.9 Å². The van der Waals surface area contributed by atoms with Gasteiger partial charge in [0.25, 0.3) is 5.91 Å². The molecule has 3 N–H and O–H groups in total. The highest BCUT2D eigenvalue weighted by molar-refractivity contribution is 9.11. The molecule has 2 aromatic rings. The normalized spacial score (nSPS) is 11.6. The Balaban J connectivity index is 1.85. The smallest absolute Gasteiger partial charge is 0.416 e. The summed E-state index contributed by atoms with van der Waals surface area (Å²) in [4.78, 5) is 11.7. The second-order valence-corrected chi connectivity index (χ2v) is 6.76. The number of amides is 1. The number of hydrogen-bond donors (Lipinski definition) is 3. The molecule has 0 unspecified atom stereocenters. The van der Waals surface area contributed by atoms with Gasteiger partial charge in [-0.15, -0.1) is 0 Å². The number of carbonyl (C=O) groups is 1. The van der Waals surface area contributed by atoms with Crippen LogP contribution in [0.2, 0.25) is 0 Å². The molecule has 0 radical (unpaired) electrons.